The Kier molecular flexibility index (Phi) is 6.63. The number of hydrogen-bond acceptors (Lipinski definition) is 2. The monoisotopic (exact) mass is 281 g/mol. The molecule has 0 fully saturated rings. The van der Waals surface area contributed by atoms with Crippen LogP contribution in [-0.4, -0.2) is 18.7 Å². The van der Waals surface area contributed by atoms with Gasteiger partial charge in [-0.15, -0.1) is 0 Å². The molecule has 0 radical (unpaired) electrons. The summed E-state index contributed by atoms with van der Waals surface area (Å²) < 4.78 is 19.0. The fourth-order valence-electron chi connectivity index (χ4n) is 1.80. The summed E-state index contributed by atoms with van der Waals surface area (Å²) in [5.74, 6) is 0.415. The van der Waals surface area contributed by atoms with Crippen molar-refractivity contribution in [1.82, 2.24) is 5.32 Å². The predicted molar refractivity (Wildman–Crippen MR) is 82.3 cm³/mol. The number of benzene rings is 1. The van der Waals surface area contributed by atoms with Crippen LogP contribution in [0.15, 0.2) is 24.3 Å². The van der Waals surface area contributed by atoms with Gasteiger partial charge in [0.25, 0.3) is 0 Å². The van der Waals surface area contributed by atoms with Crippen LogP contribution in [0.4, 0.5) is 4.39 Å². The van der Waals surface area contributed by atoms with E-state index in [9.17, 15) is 4.39 Å². The topological polar surface area (TPSA) is 21.3 Å². The van der Waals surface area contributed by atoms with E-state index in [1.165, 1.54) is 12.1 Å². The lowest BCUT2D eigenvalue weighted by molar-refractivity contribution is 0.0417. The fourth-order valence-corrected chi connectivity index (χ4v) is 1.80. The minimum atomic E-state index is -0.210. The first kappa shape index (κ1) is 17.1. The number of nitrogens with one attached hydrogen (secondary N) is 1. The third-order valence-corrected chi connectivity index (χ3v) is 3.07. The standard InChI is InChI=1S/C17H28FNO/c1-13(2)10-11-20-16(12-19-17(3,4)5)14-6-8-15(18)9-7-14/h6-9,13,16,19H,10-12H2,1-5H3. The normalized spacial score (nSPS) is 13.8. The van der Waals surface area contributed by atoms with Gasteiger partial charge in [0.05, 0.1) is 6.10 Å². The van der Waals surface area contributed by atoms with Crippen LogP contribution in [0, 0.1) is 11.7 Å². The lowest BCUT2D eigenvalue weighted by atomic mass is 10.1. The van der Waals surface area contributed by atoms with E-state index >= 15 is 0 Å². The zero-order chi connectivity index (χ0) is 15.2. The molecule has 0 spiro atoms. The second-order valence-corrected chi connectivity index (χ2v) is 6.72. The third-order valence-electron chi connectivity index (χ3n) is 3.07. The second-order valence-electron chi connectivity index (χ2n) is 6.72. The van der Waals surface area contributed by atoms with Gasteiger partial charge in [-0.2, -0.15) is 0 Å². The molecule has 0 bridgehead atoms. The fraction of sp³-hybridized carbons (Fsp3) is 0.647. The Morgan fingerprint density at radius 3 is 2.25 bits per heavy atom. The number of rotatable bonds is 7. The van der Waals surface area contributed by atoms with E-state index in [1.54, 1.807) is 12.1 Å². The first-order valence-corrected chi connectivity index (χ1v) is 7.40. The van der Waals surface area contributed by atoms with Gasteiger partial charge in [-0.25, -0.2) is 4.39 Å². The first-order chi connectivity index (χ1) is 9.28. The van der Waals surface area contributed by atoms with Crippen LogP contribution in [0.25, 0.3) is 0 Å². The lowest BCUT2D eigenvalue weighted by Crippen LogP contribution is -2.39. The van der Waals surface area contributed by atoms with Crippen molar-refractivity contribution in [2.24, 2.45) is 5.92 Å². The van der Waals surface area contributed by atoms with Crippen LogP contribution in [0.2, 0.25) is 0 Å². The molecule has 3 heteroatoms. The Balaban J connectivity index is 2.65. The number of ether oxygens (including phenoxy) is 1. The van der Waals surface area contributed by atoms with E-state index < -0.39 is 0 Å². The summed E-state index contributed by atoms with van der Waals surface area (Å²) in [6.45, 7) is 12.2. The van der Waals surface area contributed by atoms with Crippen molar-refractivity contribution in [1.29, 1.82) is 0 Å². The van der Waals surface area contributed by atoms with Crippen LogP contribution in [0.5, 0.6) is 0 Å². The zero-order valence-electron chi connectivity index (χ0n) is 13.4. The Bertz CT molecular complexity index is 381. The molecule has 1 aromatic rings. The molecule has 1 N–H and O–H groups in total. The van der Waals surface area contributed by atoms with Crippen LogP contribution in [0.1, 0.15) is 52.7 Å². The molecule has 1 rings (SSSR count). The summed E-state index contributed by atoms with van der Waals surface area (Å²) in [5, 5.41) is 3.45. The van der Waals surface area contributed by atoms with Crippen molar-refractivity contribution in [3.8, 4) is 0 Å². The summed E-state index contributed by atoms with van der Waals surface area (Å²) in [6, 6.07) is 6.59. The van der Waals surface area contributed by atoms with E-state index in [0.717, 1.165) is 25.1 Å². The molecule has 20 heavy (non-hydrogen) atoms. The summed E-state index contributed by atoms with van der Waals surface area (Å²) in [4.78, 5) is 0. The maximum atomic E-state index is 13.0. The summed E-state index contributed by atoms with van der Waals surface area (Å²) in [5.41, 5.74) is 1.06. The largest absolute Gasteiger partial charge is 0.372 e. The average molecular weight is 281 g/mol. The van der Waals surface area contributed by atoms with Crippen molar-refractivity contribution < 1.29 is 9.13 Å². The predicted octanol–water partition coefficient (Wildman–Crippen LogP) is 4.32. The highest BCUT2D eigenvalue weighted by molar-refractivity contribution is 5.19. The lowest BCUT2D eigenvalue weighted by Gasteiger charge is -2.26. The first-order valence-electron chi connectivity index (χ1n) is 7.40. The van der Waals surface area contributed by atoms with Crippen molar-refractivity contribution in [3.05, 3.63) is 35.6 Å². The average Bonchev–Trinajstić information content (AvgIpc) is 2.33. The highest BCUT2D eigenvalue weighted by atomic mass is 19.1. The van der Waals surface area contributed by atoms with E-state index in [1.807, 2.05) is 0 Å². The summed E-state index contributed by atoms with van der Waals surface area (Å²) in [7, 11) is 0. The van der Waals surface area contributed by atoms with E-state index in [2.05, 4.69) is 39.9 Å². The minimum absolute atomic E-state index is 0.0337. The van der Waals surface area contributed by atoms with Gasteiger partial charge in [0, 0.05) is 18.7 Å². The molecular weight excluding hydrogens is 253 g/mol. The SMILES string of the molecule is CC(C)CCOC(CNC(C)(C)C)c1ccc(F)cc1. The molecule has 1 atom stereocenters. The Labute approximate surface area is 122 Å². The molecule has 0 saturated heterocycles. The van der Waals surface area contributed by atoms with E-state index in [0.29, 0.717) is 5.92 Å². The zero-order valence-corrected chi connectivity index (χ0v) is 13.4. The van der Waals surface area contributed by atoms with Gasteiger partial charge in [-0.1, -0.05) is 26.0 Å². The van der Waals surface area contributed by atoms with Gasteiger partial charge in [0.2, 0.25) is 0 Å². The molecule has 2 nitrogen and oxygen atoms in total. The molecule has 0 saturated carbocycles. The van der Waals surface area contributed by atoms with E-state index in [4.69, 9.17) is 4.74 Å². The van der Waals surface area contributed by atoms with E-state index in [-0.39, 0.29) is 17.5 Å². The quantitative estimate of drug-likeness (QED) is 0.803. The van der Waals surface area contributed by atoms with Crippen LogP contribution < -0.4 is 5.32 Å². The highest BCUT2D eigenvalue weighted by Crippen LogP contribution is 2.19. The van der Waals surface area contributed by atoms with Gasteiger partial charge < -0.3 is 10.1 Å². The molecular formula is C17H28FNO. The van der Waals surface area contributed by atoms with Crippen LogP contribution in [0.3, 0.4) is 0 Å². The summed E-state index contributed by atoms with van der Waals surface area (Å²) in [6.07, 6.45) is 1.00. The molecule has 0 aliphatic carbocycles. The van der Waals surface area contributed by atoms with Crippen molar-refractivity contribution in [2.45, 2.75) is 52.7 Å². The van der Waals surface area contributed by atoms with Crippen molar-refractivity contribution >= 4 is 0 Å². The molecule has 0 heterocycles. The van der Waals surface area contributed by atoms with Gasteiger partial charge in [-0.3, -0.25) is 0 Å². The van der Waals surface area contributed by atoms with Gasteiger partial charge in [0.1, 0.15) is 5.82 Å². The molecule has 0 aromatic heterocycles. The Morgan fingerprint density at radius 2 is 1.75 bits per heavy atom. The van der Waals surface area contributed by atoms with Crippen molar-refractivity contribution in [3.63, 3.8) is 0 Å². The molecule has 0 amide bonds. The molecule has 0 aliphatic rings. The van der Waals surface area contributed by atoms with Crippen LogP contribution in [-0.2, 0) is 4.74 Å². The maximum Gasteiger partial charge on any atom is 0.123 e. The maximum absolute atomic E-state index is 13.0. The minimum Gasteiger partial charge on any atom is -0.372 e. The Morgan fingerprint density at radius 1 is 1.15 bits per heavy atom. The molecule has 114 valence electrons. The Hall–Kier alpha value is -0.930. The smallest absolute Gasteiger partial charge is 0.123 e. The van der Waals surface area contributed by atoms with Gasteiger partial charge in [0.15, 0.2) is 0 Å². The van der Waals surface area contributed by atoms with Crippen LogP contribution >= 0.6 is 0 Å². The molecule has 1 unspecified atom stereocenters. The highest BCUT2D eigenvalue weighted by Gasteiger charge is 2.16. The number of halogens is 1. The molecule has 0 aliphatic heterocycles. The molecule has 1 aromatic carbocycles. The van der Waals surface area contributed by atoms with Crippen molar-refractivity contribution in [2.75, 3.05) is 13.2 Å². The summed E-state index contributed by atoms with van der Waals surface area (Å²) >= 11 is 0. The third kappa shape index (κ3) is 7.01. The number of hydrogen-bond donors (Lipinski definition) is 1. The second kappa shape index (κ2) is 7.75. The van der Waals surface area contributed by atoms with Gasteiger partial charge in [-0.05, 0) is 50.8 Å². The van der Waals surface area contributed by atoms with Gasteiger partial charge >= 0.3 is 0 Å².